The fraction of sp³-hybridized carbons (Fsp3) is 0.818. The van der Waals surface area contributed by atoms with Crippen LogP contribution in [0.3, 0.4) is 0 Å². The van der Waals surface area contributed by atoms with Gasteiger partial charge in [0, 0.05) is 12.0 Å². The van der Waals surface area contributed by atoms with E-state index in [9.17, 15) is 0 Å². The van der Waals surface area contributed by atoms with Crippen molar-refractivity contribution in [2.75, 3.05) is 5.32 Å². The first-order valence-electron chi connectivity index (χ1n) is 6.02. The number of aromatic nitrogens is 2. The van der Waals surface area contributed by atoms with Crippen molar-refractivity contribution < 1.29 is 0 Å². The number of rotatable bonds is 3. The van der Waals surface area contributed by atoms with Gasteiger partial charge in [-0.25, -0.2) is 0 Å². The first kappa shape index (κ1) is 9.58. The molecular formula is C11H17N3S. The van der Waals surface area contributed by atoms with Crippen molar-refractivity contribution in [2.24, 2.45) is 0 Å². The smallest absolute Gasteiger partial charge is 0.205 e. The summed E-state index contributed by atoms with van der Waals surface area (Å²) in [4.78, 5) is 0. The Bertz CT molecular complexity index is 326. The van der Waals surface area contributed by atoms with Gasteiger partial charge in [-0.05, 0) is 25.7 Å². The summed E-state index contributed by atoms with van der Waals surface area (Å²) >= 11 is 1.76. The molecule has 82 valence electrons. The fourth-order valence-corrected chi connectivity index (χ4v) is 3.20. The van der Waals surface area contributed by atoms with E-state index in [0.29, 0.717) is 6.04 Å². The van der Waals surface area contributed by atoms with Gasteiger partial charge >= 0.3 is 0 Å². The zero-order valence-corrected chi connectivity index (χ0v) is 9.72. The summed E-state index contributed by atoms with van der Waals surface area (Å²) in [6.07, 6.45) is 9.38. The maximum Gasteiger partial charge on any atom is 0.205 e. The molecule has 0 aliphatic heterocycles. The Kier molecular flexibility index (Phi) is 2.61. The van der Waals surface area contributed by atoms with Crippen LogP contribution in [0.2, 0.25) is 0 Å². The molecule has 2 fully saturated rings. The van der Waals surface area contributed by atoms with E-state index >= 15 is 0 Å². The Labute approximate surface area is 94.3 Å². The predicted molar refractivity (Wildman–Crippen MR) is 62.4 cm³/mol. The lowest BCUT2D eigenvalue weighted by Gasteiger charge is -2.21. The topological polar surface area (TPSA) is 37.8 Å². The predicted octanol–water partition coefficient (Wildman–Crippen LogP) is 3.16. The normalized spacial score (nSPS) is 22.9. The van der Waals surface area contributed by atoms with E-state index in [0.717, 1.165) is 11.0 Å². The van der Waals surface area contributed by atoms with Gasteiger partial charge in [0.25, 0.3) is 0 Å². The quantitative estimate of drug-likeness (QED) is 0.855. The maximum atomic E-state index is 4.25. The Morgan fingerprint density at radius 3 is 2.53 bits per heavy atom. The van der Waals surface area contributed by atoms with E-state index in [1.807, 2.05) is 0 Å². The number of anilines is 1. The molecule has 1 N–H and O–H groups in total. The van der Waals surface area contributed by atoms with Crippen LogP contribution >= 0.6 is 11.3 Å². The SMILES string of the molecule is C1CCC(Nc2nnc(C3CC3)s2)CC1. The summed E-state index contributed by atoms with van der Waals surface area (Å²) in [6, 6.07) is 0.652. The second kappa shape index (κ2) is 4.08. The molecule has 0 radical (unpaired) electrons. The van der Waals surface area contributed by atoms with Crippen molar-refractivity contribution in [3.05, 3.63) is 5.01 Å². The third-order valence-corrected chi connectivity index (χ3v) is 4.32. The second-order valence-corrected chi connectivity index (χ2v) is 5.71. The van der Waals surface area contributed by atoms with Crippen LogP contribution in [-0.2, 0) is 0 Å². The molecule has 0 amide bonds. The highest BCUT2D eigenvalue weighted by molar-refractivity contribution is 7.15. The highest BCUT2D eigenvalue weighted by Gasteiger charge is 2.27. The molecule has 3 nitrogen and oxygen atoms in total. The number of hydrogen-bond acceptors (Lipinski definition) is 4. The van der Waals surface area contributed by atoms with Crippen LogP contribution in [0.15, 0.2) is 0 Å². The summed E-state index contributed by atoms with van der Waals surface area (Å²) in [7, 11) is 0. The molecular weight excluding hydrogens is 206 g/mol. The minimum atomic E-state index is 0.652. The molecule has 2 aliphatic carbocycles. The lowest BCUT2D eigenvalue weighted by molar-refractivity contribution is 0.462. The Balaban J connectivity index is 1.60. The number of hydrogen-bond donors (Lipinski definition) is 1. The first-order chi connectivity index (χ1) is 7.42. The average Bonchev–Trinajstić information content (AvgIpc) is 3.02. The molecule has 2 saturated carbocycles. The molecule has 0 unspecified atom stereocenters. The minimum Gasteiger partial charge on any atom is -0.357 e. The molecule has 0 saturated heterocycles. The Morgan fingerprint density at radius 2 is 1.80 bits per heavy atom. The van der Waals surface area contributed by atoms with Gasteiger partial charge in [0.05, 0.1) is 0 Å². The third kappa shape index (κ3) is 2.30. The van der Waals surface area contributed by atoms with Gasteiger partial charge in [-0.3, -0.25) is 0 Å². The van der Waals surface area contributed by atoms with Gasteiger partial charge < -0.3 is 5.32 Å². The van der Waals surface area contributed by atoms with Crippen molar-refractivity contribution in [3.8, 4) is 0 Å². The van der Waals surface area contributed by atoms with Crippen molar-refractivity contribution >= 4 is 16.5 Å². The van der Waals surface area contributed by atoms with Gasteiger partial charge in [0.2, 0.25) is 5.13 Å². The van der Waals surface area contributed by atoms with Gasteiger partial charge in [0.1, 0.15) is 5.01 Å². The van der Waals surface area contributed by atoms with Crippen molar-refractivity contribution in [1.82, 2.24) is 10.2 Å². The summed E-state index contributed by atoms with van der Waals surface area (Å²) in [5, 5.41) is 14.3. The van der Waals surface area contributed by atoms with Crippen LogP contribution in [0.5, 0.6) is 0 Å². The van der Waals surface area contributed by atoms with Crippen LogP contribution in [-0.4, -0.2) is 16.2 Å². The molecule has 15 heavy (non-hydrogen) atoms. The molecule has 3 rings (SSSR count). The molecule has 1 aromatic rings. The lowest BCUT2D eigenvalue weighted by Crippen LogP contribution is -2.21. The van der Waals surface area contributed by atoms with E-state index in [1.54, 1.807) is 11.3 Å². The summed E-state index contributed by atoms with van der Waals surface area (Å²) in [5.74, 6) is 0.740. The number of nitrogens with one attached hydrogen (secondary N) is 1. The highest BCUT2D eigenvalue weighted by atomic mass is 32.1. The zero-order chi connectivity index (χ0) is 10.1. The standard InChI is InChI=1S/C11H17N3S/c1-2-4-9(5-3-1)12-11-14-13-10(15-11)8-6-7-8/h8-9H,1-7H2,(H,12,14). The Hall–Kier alpha value is -0.640. The molecule has 1 heterocycles. The van der Waals surface area contributed by atoms with Crippen LogP contribution in [0.4, 0.5) is 5.13 Å². The first-order valence-corrected chi connectivity index (χ1v) is 6.83. The van der Waals surface area contributed by atoms with Crippen LogP contribution in [0.1, 0.15) is 55.9 Å². The largest absolute Gasteiger partial charge is 0.357 e. The van der Waals surface area contributed by atoms with Gasteiger partial charge in [-0.1, -0.05) is 30.6 Å². The van der Waals surface area contributed by atoms with Crippen LogP contribution < -0.4 is 5.32 Å². The van der Waals surface area contributed by atoms with Crippen molar-refractivity contribution in [1.29, 1.82) is 0 Å². The highest BCUT2D eigenvalue weighted by Crippen LogP contribution is 2.42. The molecule has 0 atom stereocenters. The minimum absolute atomic E-state index is 0.652. The fourth-order valence-electron chi connectivity index (χ4n) is 2.21. The summed E-state index contributed by atoms with van der Waals surface area (Å²) < 4.78 is 0. The van der Waals surface area contributed by atoms with Crippen molar-refractivity contribution in [3.63, 3.8) is 0 Å². The van der Waals surface area contributed by atoms with E-state index in [-0.39, 0.29) is 0 Å². The monoisotopic (exact) mass is 223 g/mol. The Morgan fingerprint density at radius 1 is 1.00 bits per heavy atom. The molecule has 0 spiro atoms. The van der Waals surface area contributed by atoms with E-state index in [4.69, 9.17) is 0 Å². The van der Waals surface area contributed by atoms with Gasteiger partial charge in [-0.2, -0.15) is 0 Å². The third-order valence-electron chi connectivity index (χ3n) is 3.30. The summed E-state index contributed by atoms with van der Waals surface area (Å²) in [5.41, 5.74) is 0. The van der Waals surface area contributed by atoms with E-state index in [2.05, 4.69) is 15.5 Å². The molecule has 0 aromatic carbocycles. The van der Waals surface area contributed by atoms with Crippen LogP contribution in [0.25, 0.3) is 0 Å². The molecule has 2 aliphatic rings. The second-order valence-electron chi connectivity index (χ2n) is 4.70. The molecule has 4 heteroatoms. The van der Waals surface area contributed by atoms with Gasteiger partial charge in [-0.15, -0.1) is 10.2 Å². The average molecular weight is 223 g/mol. The maximum absolute atomic E-state index is 4.25. The van der Waals surface area contributed by atoms with Crippen molar-refractivity contribution in [2.45, 2.75) is 56.9 Å². The van der Waals surface area contributed by atoms with Gasteiger partial charge in [0.15, 0.2) is 0 Å². The molecule has 0 bridgehead atoms. The van der Waals surface area contributed by atoms with E-state index in [1.165, 1.54) is 50.0 Å². The molecule has 1 aromatic heterocycles. The summed E-state index contributed by atoms with van der Waals surface area (Å²) in [6.45, 7) is 0. The van der Waals surface area contributed by atoms with E-state index < -0.39 is 0 Å². The van der Waals surface area contributed by atoms with Crippen LogP contribution in [0, 0.1) is 0 Å². The lowest BCUT2D eigenvalue weighted by atomic mass is 9.96. The number of nitrogens with zero attached hydrogens (tertiary/aromatic N) is 2. The zero-order valence-electron chi connectivity index (χ0n) is 8.91.